The van der Waals surface area contributed by atoms with Crippen molar-refractivity contribution in [1.82, 2.24) is 4.90 Å². The van der Waals surface area contributed by atoms with Gasteiger partial charge in [0.1, 0.15) is 5.75 Å². The third kappa shape index (κ3) is 3.96. The van der Waals surface area contributed by atoms with E-state index in [9.17, 15) is 9.59 Å². The van der Waals surface area contributed by atoms with Crippen LogP contribution in [0.1, 0.15) is 58.6 Å². The number of hydrogen-bond donors (Lipinski definition) is 0. The van der Waals surface area contributed by atoms with Crippen LogP contribution in [0.3, 0.4) is 0 Å². The lowest BCUT2D eigenvalue weighted by atomic mass is 9.98. The lowest BCUT2D eigenvalue weighted by Gasteiger charge is -2.17. The second-order valence-electron chi connectivity index (χ2n) is 7.86. The highest BCUT2D eigenvalue weighted by Gasteiger charge is 2.27. The minimum Gasteiger partial charge on any atom is -0.497 e. The number of ketones is 1. The second kappa shape index (κ2) is 8.17. The number of fused-ring (bicyclic) bond motifs is 1. The fourth-order valence-corrected chi connectivity index (χ4v) is 4.40. The van der Waals surface area contributed by atoms with Crippen molar-refractivity contribution in [1.29, 1.82) is 0 Å². The van der Waals surface area contributed by atoms with Crippen LogP contribution in [0.15, 0.2) is 42.5 Å². The summed E-state index contributed by atoms with van der Waals surface area (Å²) in [5.74, 6) is 1.38. The topological polar surface area (TPSA) is 46.6 Å². The van der Waals surface area contributed by atoms with E-state index in [2.05, 4.69) is 18.2 Å². The SMILES string of the molecule is COc1ccc(C2CCN(C(=O)CCC(=O)c3ccc4c(c3)CCC4)C2)cc1. The van der Waals surface area contributed by atoms with E-state index < -0.39 is 0 Å². The second-order valence-corrected chi connectivity index (χ2v) is 7.86. The first-order valence-corrected chi connectivity index (χ1v) is 10.2. The van der Waals surface area contributed by atoms with Crippen molar-refractivity contribution in [2.45, 2.75) is 44.4 Å². The number of likely N-dealkylation sites (tertiary alicyclic amines) is 1. The predicted octanol–water partition coefficient (Wildman–Crippen LogP) is 4.16. The summed E-state index contributed by atoms with van der Waals surface area (Å²) < 4.78 is 5.21. The number of hydrogen-bond acceptors (Lipinski definition) is 3. The molecule has 4 nitrogen and oxygen atoms in total. The van der Waals surface area contributed by atoms with Gasteiger partial charge >= 0.3 is 0 Å². The predicted molar refractivity (Wildman–Crippen MR) is 109 cm³/mol. The van der Waals surface area contributed by atoms with Crippen LogP contribution in [0.2, 0.25) is 0 Å². The molecule has 4 heteroatoms. The molecule has 0 saturated carbocycles. The van der Waals surface area contributed by atoms with E-state index in [4.69, 9.17) is 4.74 Å². The maximum atomic E-state index is 12.6. The van der Waals surface area contributed by atoms with Crippen LogP contribution in [0.4, 0.5) is 0 Å². The van der Waals surface area contributed by atoms with E-state index in [1.807, 2.05) is 29.2 Å². The van der Waals surface area contributed by atoms with Crippen LogP contribution >= 0.6 is 0 Å². The van der Waals surface area contributed by atoms with Gasteiger partial charge in [0.15, 0.2) is 5.78 Å². The summed E-state index contributed by atoms with van der Waals surface area (Å²) in [5, 5.41) is 0. The number of methoxy groups -OCH3 is 1. The molecule has 0 radical (unpaired) electrons. The van der Waals surface area contributed by atoms with Gasteiger partial charge in [-0.1, -0.05) is 24.3 Å². The third-order valence-corrected chi connectivity index (χ3v) is 6.11. The number of carbonyl (C=O) groups excluding carboxylic acids is 2. The van der Waals surface area contributed by atoms with Gasteiger partial charge in [0, 0.05) is 37.4 Å². The van der Waals surface area contributed by atoms with Crippen LogP contribution in [-0.2, 0) is 17.6 Å². The molecule has 1 atom stereocenters. The molecule has 2 aliphatic rings. The van der Waals surface area contributed by atoms with Gasteiger partial charge in [-0.15, -0.1) is 0 Å². The molecule has 1 aliphatic heterocycles. The summed E-state index contributed by atoms with van der Waals surface area (Å²) in [7, 11) is 1.66. The molecule has 28 heavy (non-hydrogen) atoms. The minimum absolute atomic E-state index is 0.0777. The van der Waals surface area contributed by atoms with E-state index >= 15 is 0 Å². The van der Waals surface area contributed by atoms with Crippen LogP contribution in [0.5, 0.6) is 5.75 Å². The van der Waals surface area contributed by atoms with Crippen molar-refractivity contribution in [3.63, 3.8) is 0 Å². The number of carbonyl (C=O) groups is 2. The van der Waals surface area contributed by atoms with E-state index in [1.165, 1.54) is 23.1 Å². The quantitative estimate of drug-likeness (QED) is 0.710. The minimum atomic E-state index is 0.0777. The molecule has 4 rings (SSSR count). The largest absolute Gasteiger partial charge is 0.497 e. The van der Waals surface area contributed by atoms with Crippen molar-refractivity contribution >= 4 is 11.7 Å². The van der Waals surface area contributed by atoms with Gasteiger partial charge < -0.3 is 9.64 Å². The Hall–Kier alpha value is -2.62. The first-order valence-electron chi connectivity index (χ1n) is 10.2. The van der Waals surface area contributed by atoms with Crippen LogP contribution in [0.25, 0.3) is 0 Å². The van der Waals surface area contributed by atoms with Gasteiger partial charge in [-0.3, -0.25) is 9.59 Å². The van der Waals surface area contributed by atoms with Crippen LogP contribution < -0.4 is 4.74 Å². The number of rotatable bonds is 6. The molecular formula is C24H27NO3. The zero-order valence-corrected chi connectivity index (χ0v) is 16.4. The standard InChI is InChI=1S/C24H27NO3/c1-28-22-9-7-18(8-10-22)21-13-14-25(16-21)24(27)12-11-23(26)20-6-5-17-3-2-4-19(17)15-20/h5-10,15,21H,2-4,11-14,16H2,1H3. The first-order chi connectivity index (χ1) is 13.6. The smallest absolute Gasteiger partial charge is 0.223 e. The molecule has 1 unspecified atom stereocenters. The normalized spacial score (nSPS) is 18.2. The van der Waals surface area contributed by atoms with E-state index in [0.717, 1.165) is 43.7 Å². The summed E-state index contributed by atoms with van der Waals surface area (Å²) >= 11 is 0. The fraction of sp³-hybridized carbons (Fsp3) is 0.417. The number of Topliss-reactive ketones (excluding diaryl/α,β-unsaturated/α-hetero) is 1. The molecule has 1 saturated heterocycles. The molecule has 1 heterocycles. The maximum absolute atomic E-state index is 12.6. The molecule has 1 aliphatic carbocycles. The molecule has 146 valence electrons. The van der Waals surface area contributed by atoms with E-state index in [1.54, 1.807) is 7.11 Å². The zero-order chi connectivity index (χ0) is 19.5. The summed E-state index contributed by atoms with van der Waals surface area (Å²) in [5.41, 5.74) is 4.67. The number of amides is 1. The molecule has 1 fully saturated rings. The van der Waals surface area contributed by atoms with Gasteiger partial charge in [-0.25, -0.2) is 0 Å². The Kier molecular flexibility index (Phi) is 5.47. The van der Waals surface area contributed by atoms with E-state index in [-0.39, 0.29) is 11.7 Å². The molecule has 0 aromatic heterocycles. The molecule has 2 aromatic rings. The van der Waals surface area contributed by atoms with Crippen molar-refractivity contribution in [2.24, 2.45) is 0 Å². The van der Waals surface area contributed by atoms with Crippen molar-refractivity contribution in [2.75, 3.05) is 20.2 Å². The molecule has 0 spiro atoms. The van der Waals surface area contributed by atoms with Gasteiger partial charge in [0.05, 0.1) is 7.11 Å². The van der Waals surface area contributed by atoms with Crippen LogP contribution in [-0.4, -0.2) is 36.8 Å². The summed E-state index contributed by atoms with van der Waals surface area (Å²) in [6.07, 6.45) is 4.92. The average Bonchev–Trinajstić information content (AvgIpc) is 3.40. The lowest BCUT2D eigenvalue weighted by Crippen LogP contribution is -2.28. The van der Waals surface area contributed by atoms with Crippen molar-refractivity contribution in [3.05, 3.63) is 64.7 Å². The Labute approximate surface area is 166 Å². The molecule has 0 bridgehead atoms. The van der Waals surface area contributed by atoms with Gasteiger partial charge in [-0.05, 0) is 60.6 Å². The number of aryl methyl sites for hydroxylation is 2. The van der Waals surface area contributed by atoms with Crippen LogP contribution in [0, 0.1) is 0 Å². The van der Waals surface area contributed by atoms with Gasteiger partial charge in [-0.2, -0.15) is 0 Å². The Morgan fingerprint density at radius 2 is 1.82 bits per heavy atom. The average molecular weight is 377 g/mol. The Balaban J connectivity index is 1.30. The fourth-order valence-electron chi connectivity index (χ4n) is 4.40. The maximum Gasteiger partial charge on any atom is 0.223 e. The monoisotopic (exact) mass is 377 g/mol. The number of nitrogens with zero attached hydrogens (tertiary/aromatic N) is 1. The summed E-state index contributed by atoms with van der Waals surface area (Å²) in [6, 6.07) is 14.1. The van der Waals surface area contributed by atoms with Crippen molar-refractivity contribution < 1.29 is 14.3 Å². The molecular weight excluding hydrogens is 350 g/mol. The summed E-state index contributed by atoms with van der Waals surface area (Å²) in [4.78, 5) is 27.0. The highest BCUT2D eigenvalue weighted by Crippen LogP contribution is 2.29. The lowest BCUT2D eigenvalue weighted by molar-refractivity contribution is -0.130. The first kappa shape index (κ1) is 18.7. The highest BCUT2D eigenvalue weighted by atomic mass is 16.5. The Morgan fingerprint density at radius 1 is 1.04 bits per heavy atom. The van der Waals surface area contributed by atoms with E-state index in [0.29, 0.717) is 18.8 Å². The third-order valence-electron chi connectivity index (χ3n) is 6.11. The molecule has 2 aromatic carbocycles. The zero-order valence-electron chi connectivity index (χ0n) is 16.4. The Bertz CT molecular complexity index is 872. The highest BCUT2D eigenvalue weighted by molar-refractivity contribution is 5.98. The summed E-state index contributed by atoms with van der Waals surface area (Å²) in [6.45, 7) is 1.50. The van der Waals surface area contributed by atoms with Gasteiger partial charge in [0.2, 0.25) is 5.91 Å². The number of ether oxygens (including phenoxy) is 1. The Morgan fingerprint density at radius 3 is 2.61 bits per heavy atom. The van der Waals surface area contributed by atoms with Crippen molar-refractivity contribution in [3.8, 4) is 5.75 Å². The van der Waals surface area contributed by atoms with Gasteiger partial charge in [0.25, 0.3) is 0 Å². The molecule has 1 amide bonds. The number of benzene rings is 2. The molecule has 0 N–H and O–H groups in total.